The van der Waals surface area contributed by atoms with Crippen molar-refractivity contribution in [3.8, 4) is 23.4 Å². The molecule has 0 N–H and O–H groups in total. The van der Waals surface area contributed by atoms with Crippen molar-refractivity contribution in [2.24, 2.45) is 11.8 Å². The monoisotopic (exact) mass is 511 g/mol. The summed E-state index contributed by atoms with van der Waals surface area (Å²) in [4.78, 5) is 19.0. The Labute approximate surface area is 216 Å². The Morgan fingerprint density at radius 1 is 1.28 bits per heavy atom. The number of nitriles is 1. The summed E-state index contributed by atoms with van der Waals surface area (Å²) in [6.07, 6.45) is 5.31. The molecule has 1 aromatic heterocycles. The Morgan fingerprint density at radius 3 is 2.64 bits per heavy atom. The highest BCUT2D eigenvalue weighted by Gasteiger charge is 2.44. The van der Waals surface area contributed by atoms with Crippen LogP contribution in [-0.4, -0.2) is 54.5 Å². The predicted molar refractivity (Wildman–Crippen MR) is 133 cm³/mol. The first kappa shape index (κ1) is 24.7. The van der Waals surface area contributed by atoms with Gasteiger partial charge in [0, 0.05) is 36.7 Å². The van der Waals surface area contributed by atoms with Gasteiger partial charge >= 0.3 is 6.09 Å². The topological polar surface area (TPSA) is 93.9 Å². The van der Waals surface area contributed by atoms with Gasteiger partial charge in [0.05, 0.1) is 35.4 Å². The molecule has 2 bridgehead atoms. The number of likely N-dealkylation sites (tertiary alicyclic amines) is 1. The molecule has 1 aromatic carbocycles. The number of aromatic nitrogens is 1. The van der Waals surface area contributed by atoms with Gasteiger partial charge in [-0.3, -0.25) is 0 Å². The number of carbonyl (C=O) groups is 1. The van der Waals surface area contributed by atoms with E-state index >= 15 is 0 Å². The first-order valence-corrected chi connectivity index (χ1v) is 12.9. The Bertz CT molecular complexity index is 1160. The number of pyridine rings is 1. The molecule has 36 heavy (non-hydrogen) atoms. The van der Waals surface area contributed by atoms with Crippen LogP contribution in [0.5, 0.6) is 17.4 Å². The van der Waals surface area contributed by atoms with Gasteiger partial charge in [0.2, 0.25) is 5.88 Å². The fourth-order valence-electron chi connectivity index (χ4n) is 4.99. The molecule has 9 heteroatoms. The van der Waals surface area contributed by atoms with Crippen LogP contribution < -0.4 is 9.47 Å². The highest BCUT2D eigenvalue weighted by atomic mass is 35.5. The van der Waals surface area contributed by atoms with Crippen molar-refractivity contribution in [2.75, 3.05) is 26.3 Å². The van der Waals surface area contributed by atoms with Crippen LogP contribution in [0.4, 0.5) is 4.79 Å². The van der Waals surface area contributed by atoms with Gasteiger partial charge in [-0.25, -0.2) is 9.78 Å². The van der Waals surface area contributed by atoms with Crippen LogP contribution in [0.2, 0.25) is 5.02 Å². The van der Waals surface area contributed by atoms with Crippen molar-refractivity contribution in [1.29, 1.82) is 5.26 Å². The molecule has 3 fully saturated rings. The molecule has 2 aromatic rings. The van der Waals surface area contributed by atoms with Crippen LogP contribution in [0, 0.1) is 30.1 Å². The highest BCUT2D eigenvalue weighted by molar-refractivity contribution is 6.32. The van der Waals surface area contributed by atoms with Crippen molar-refractivity contribution in [2.45, 2.75) is 51.7 Å². The summed E-state index contributed by atoms with van der Waals surface area (Å²) in [7, 11) is 0. The maximum Gasteiger partial charge on any atom is 0.410 e. The summed E-state index contributed by atoms with van der Waals surface area (Å²) in [6.45, 7) is 6.13. The maximum absolute atomic E-state index is 12.7. The Balaban J connectivity index is 1.35. The average Bonchev–Trinajstić information content (AvgIpc) is 2.84. The van der Waals surface area contributed by atoms with Crippen molar-refractivity contribution < 1.29 is 23.7 Å². The van der Waals surface area contributed by atoms with E-state index in [4.69, 9.17) is 35.8 Å². The van der Waals surface area contributed by atoms with Gasteiger partial charge in [-0.15, -0.1) is 0 Å². The Morgan fingerprint density at radius 2 is 2.03 bits per heavy atom. The summed E-state index contributed by atoms with van der Waals surface area (Å²) in [6, 6.07) is 6.95. The highest BCUT2D eigenvalue weighted by Crippen LogP contribution is 2.39. The van der Waals surface area contributed by atoms with E-state index in [0.29, 0.717) is 48.5 Å². The molecule has 2 saturated heterocycles. The number of carbonyl (C=O) groups excluding carboxylic acids is 1. The van der Waals surface area contributed by atoms with Gasteiger partial charge < -0.3 is 23.8 Å². The second-order valence-electron chi connectivity index (χ2n) is 9.74. The lowest BCUT2D eigenvalue weighted by Crippen LogP contribution is -2.59. The smallest absolute Gasteiger partial charge is 0.410 e. The molecule has 3 aliphatic rings. The minimum absolute atomic E-state index is 0.0426. The fraction of sp³-hybridized carbons (Fsp3) is 0.519. The number of hydrogen-bond donors (Lipinski definition) is 0. The molecular formula is C27H30ClN3O5. The normalized spacial score (nSPS) is 23.4. The van der Waals surface area contributed by atoms with Crippen molar-refractivity contribution in [3.63, 3.8) is 0 Å². The first-order valence-electron chi connectivity index (χ1n) is 12.5. The lowest BCUT2D eigenvalue weighted by molar-refractivity contribution is -0.112. The summed E-state index contributed by atoms with van der Waals surface area (Å²) < 4.78 is 24.2. The second kappa shape index (κ2) is 10.5. The van der Waals surface area contributed by atoms with Gasteiger partial charge in [-0.1, -0.05) is 18.5 Å². The van der Waals surface area contributed by atoms with Crippen LogP contribution in [0.25, 0.3) is 0 Å². The molecule has 8 nitrogen and oxygen atoms in total. The van der Waals surface area contributed by atoms with Gasteiger partial charge in [-0.2, -0.15) is 5.26 Å². The average molecular weight is 512 g/mol. The number of aryl methyl sites for hydroxylation is 1. The zero-order chi connectivity index (χ0) is 25.2. The predicted octanol–water partition coefficient (Wildman–Crippen LogP) is 5.28. The second-order valence-corrected chi connectivity index (χ2v) is 10.1. The van der Waals surface area contributed by atoms with Gasteiger partial charge in [0.1, 0.15) is 23.7 Å². The summed E-state index contributed by atoms with van der Waals surface area (Å²) in [5.41, 5.74) is 2.22. The number of piperidine rings is 1. The number of nitrogens with zero attached hydrogens (tertiary/aromatic N) is 3. The first-order chi connectivity index (χ1) is 17.5. The van der Waals surface area contributed by atoms with Crippen molar-refractivity contribution >= 4 is 17.7 Å². The van der Waals surface area contributed by atoms with E-state index in [2.05, 4.69) is 18.0 Å². The van der Waals surface area contributed by atoms with Crippen LogP contribution in [0.15, 0.2) is 24.4 Å². The number of hydrogen-bond acceptors (Lipinski definition) is 7. The number of rotatable bonds is 6. The third kappa shape index (κ3) is 4.95. The number of benzene rings is 1. The zero-order valence-corrected chi connectivity index (χ0v) is 21.3. The number of fused-ring (bicyclic) bond motifs is 2. The molecule has 1 aliphatic carbocycles. The number of halogens is 1. The molecule has 0 spiro atoms. The maximum atomic E-state index is 12.7. The van der Waals surface area contributed by atoms with Crippen LogP contribution >= 0.6 is 11.6 Å². The fourth-order valence-corrected chi connectivity index (χ4v) is 5.21. The van der Waals surface area contributed by atoms with Crippen molar-refractivity contribution in [3.05, 3.63) is 46.1 Å². The van der Waals surface area contributed by atoms with E-state index in [0.717, 1.165) is 42.6 Å². The van der Waals surface area contributed by atoms with E-state index in [1.807, 2.05) is 11.8 Å². The molecule has 1 saturated carbocycles. The molecule has 1 amide bonds. The molecule has 2 aliphatic heterocycles. The largest absolute Gasteiger partial charge is 0.489 e. The number of ether oxygens (including phenoxy) is 4. The van der Waals surface area contributed by atoms with Crippen LogP contribution in [-0.2, 0) is 15.9 Å². The standard InChI is InChI=1S/C27H30ClN3O5/c1-3-18-11-30-26(35-23-8-7-17(10-29)9-22(23)28)16(2)24(18)36-25-19-12-31(13-20(25)15-33-14-19)27(32)34-21-5-4-6-21/h7-9,11,19-21,25H,3-6,12-15H2,1-2H3. The third-order valence-electron chi connectivity index (χ3n) is 7.27. The molecule has 3 heterocycles. The minimum atomic E-state index is -0.223. The van der Waals surface area contributed by atoms with E-state index in [9.17, 15) is 4.79 Å². The number of amides is 1. The molecule has 2 atom stereocenters. The van der Waals surface area contributed by atoms with E-state index < -0.39 is 0 Å². The quantitative estimate of drug-likeness (QED) is 0.520. The molecular weight excluding hydrogens is 482 g/mol. The van der Waals surface area contributed by atoms with E-state index in [1.165, 1.54) is 0 Å². The molecule has 5 rings (SSSR count). The van der Waals surface area contributed by atoms with Gasteiger partial charge in [0.15, 0.2) is 0 Å². The SMILES string of the molecule is CCc1cnc(Oc2ccc(C#N)cc2Cl)c(C)c1OC1C2COCC1CN(C(=O)OC1CCC1)C2. The Kier molecular flexibility index (Phi) is 7.22. The molecule has 190 valence electrons. The summed E-state index contributed by atoms with van der Waals surface area (Å²) in [5, 5.41) is 9.43. The Hall–Kier alpha value is -3.02. The lowest BCUT2D eigenvalue weighted by atomic mass is 9.84. The minimum Gasteiger partial charge on any atom is -0.489 e. The summed E-state index contributed by atoms with van der Waals surface area (Å²) >= 11 is 6.32. The molecule has 2 unspecified atom stereocenters. The zero-order valence-electron chi connectivity index (χ0n) is 20.5. The van der Waals surface area contributed by atoms with Crippen LogP contribution in [0.3, 0.4) is 0 Å². The van der Waals surface area contributed by atoms with Crippen molar-refractivity contribution in [1.82, 2.24) is 9.88 Å². The van der Waals surface area contributed by atoms with Crippen LogP contribution in [0.1, 0.15) is 42.9 Å². The summed E-state index contributed by atoms with van der Waals surface area (Å²) in [5.74, 6) is 1.66. The third-order valence-corrected chi connectivity index (χ3v) is 7.57. The van der Waals surface area contributed by atoms with E-state index in [1.54, 1.807) is 24.4 Å². The lowest BCUT2D eigenvalue weighted by Gasteiger charge is -2.46. The van der Waals surface area contributed by atoms with Gasteiger partial charge in [0.25, 0.3) is 0 Å². The van der Waals surface area contributed by atoms with Gasteiger partial charge in [-0.05, 0) is 50.8 Å². The van der Waals surface area contributed by atoms with E-state index in [-0.39, 0.29) is 30.1 Å². The molecule has 0 radical (unpaired) electrons.